The quantitative estimate of drug-likeness (QED) is 0.636. The van der Waals surface area contributed by atoms with E-state index >= 15 is 0 Å². The summed E-state index contributed by atoms with van der Waals surface area (Å²) in [5, 5.41) is 9.30. The van der Waals surface area contributed by atoms with E-state index in [1.54, 1.807) is 25.1 Å². The minimum Gasteiger partial charge on any atom is -0.497 e. The molecule has 0 saturated heterocycles. The van der Waals surface area contributed by atoms with Crippen molar-refractivity contribution in [2.24, 2.45) is 0 Å². The number of rotatable bonds is 5. The third kappa shape index (κ3) is 2.45. The minimum absolute atomic E-state index is 0.131. The number of hydrogen-bond acceptors (Lipinski definition) is 4. The summed E-state index contributed by atoms with van der Waals surface area (Å²) < 4.78 is 9.86. The molecule has 0 aromatic heterocycles. The van der Waals surface area contributed by atoms with E-state index in [2.05, 4.69) is 0 Å². The Morgan fingerprint density at radius 3 is 2.56 bits per heavy atom. The van der Waals surface area contributed by atoms with E-state index in [9.17, 15) is 14.7 Å². The second kappa shape index (κ2) is 5.53. The highest BCUT2D eigenvalue weighted by Gasteiger charge is 2.45. The average molecular weight is 252 g/mol. The first kappa shape index (κ1) is 14.0. The molecule has 0 aliphatic carbocycles. The van der Waals surface area contributed by atoms with E-state index < -0.39 is 17.4 Å². The molecular formula is C13H16O5. The first-order valence-electron chi connectivity index (χ1n) is 5.52. The maximum atomic E-state index is 11.9. The van der Waals surface area contributed by atoms with Gasteiger partial charge in [-0.05, 0) is 31.5 Å². The summed E-state index contributed by atoms with van der Waals surface area (Å²) >= 11 is 0. The van der Waals surface area contributed by atoms with Crippen LogP contribution in [-0.2, 0) is 19.7 Å². The molecule has 1 atom stereocenters. The molecule has 5 heteroatoms. The van der Waals surface area contributed by atoms with Gasteiger partial charge in [0.1, 0.15) is 5.75 Å². The number of esters is 1. The van der Waals surface area contributed by atoms with Crippen molar-refractivity contribution in [3.8, 4) is 5.75 Å². The third-order valence-corrected chi connectivity index (χ3v) is 2.76. The smallest absolute Gasteiger partial charge is 0.327 e. The van der Waals surface area contributed by atoms with Gasteiger partial charge in [0.2, 0.25) is 0 Å². The van der Waals surface area contributed by atoms with Crippen molar-refractivity contribution < 1.29 is 24.2 Å². The largest absolute Gasteiger partial charge is 0.497 e. The van der Waals surface area contributed by atoms with Crippen LogP contribution >= 0.6 is 0 Å². The molecular weight excluding hydrogens is 236 g/mol. The maximum absolute atomic E-state index is 11.9. The number of benzene rings is 1. The van der Waals surface area contributed by atoms with Crippen LogP contribution in [0.1, 0.15) is 19.4 Å². The summed E-state index contributed by atoms with van der Waals surface area (Å²) in [4.78, 5) is 23.3. The molecule has 0 aliphatic rings. The molecule has 0 aliphatic heterocycles. The standard InChI is InChI=1S/C13H16O5/c1-4-18-12(16)13(2,11(14)15)9-6-5-7-10(8-9)17-3/h5-8H,4H2,1-3H3,(H,14,15)/t13-/m1/s1. The number of carboxylic acids is 1. The van der Waals surface area contributed by atoms with Crippen molar-refractivity contribution in [3.63, 3.8) is 0 Å². The number of carboxylic acid groups (broad SMARTS) is 1. The highest BCUT2D eigenvalue weighted by atomic mass is 16.5. The van der Waals surface area contributed by atoms with Gasteiger partial charge in [-0.1, -0.05) is 12.1 Å². The van der Waals surface area contributed by atoms with Crippen LogP contribution in [0.25, 0.3) is 0 Å². The Morgan fingerprint density at radius 1 is 1.39 bits per heavy atom. The average Bonchev–Trinajstić information content (AvgIpc) is 2.37. The summed E-state index contributed by atoms with van der Waals surface area (Å²) in [6, 6.07) is 6.39. The molecule has 0 radical (unpaired) electrons. The van der Waals surface area contributed by atoms with Gasteiger partial charge < -0.3 is 14.6 Å². The fourth-order valence-electron chi connectivity index (χ4n) is 1.54. The molecule has 0 bridgehead atoms. The Kier molecular flexibility index (Phi) is 4.31. The molecule has 1 aromatic carbocycles. The lowest BCUT2D eigenvalue weighted by molar-refractivity contribution is -0.160. The van der Waals surface area contributed by atoms with Gasteiger partial charge in [-0.25, -0.2) is 0 Å². The molecule has 0 amide bonds. The van der Waals surface area contributed by atoms with Crippen molar-refractivity contribution in [2.45, 2.75) is 19.3 Å². The Hall–Kier alpha value is -2.04. The Balaban J connectivity index is 3.26. The van der Waals surface area contributed by atoms with E-state index in [0.717, 1.165) is 0 Å². The predicted octanol–water partition coefficient (Wildman–Crippen LogP) is 1.60. The Labute approximate surface area is 105 Å². The zero-order chi connectivity index (χ0) is 13.8. The van der Waals surface area contributed by atoms with Gasteiger partial charge in [-0.2, -0.15) is 0 Å². The number of aliphatic carboxylic acids is 1. The lowest BCUT2D eigenvalue weighted by atomic mass is 9.82. The number of carbonyl (C=O) groups is 2. The zero-order valence-electron chi connectivity index (χ0n) is 10.6. The molecule has 18 heavy (non-hydrogen) atoms. The first-order valence-corrected chi connectivity index (χ1v) is 5.52. The molecule has 0 unspecified atom stereocenters. The number of methoxy groups -OCH3 is 1. The van der Waals surface area contributed by atoms with Crippen molar-refractivity contribution in [2.75, 3.05) is 13.7 Å². The first-order chi connectivity index (χ1) is 8.46. The van der Waals surface area contributed by atoms with Crippen LogP contribution in [-0.4, -0.2) is 30.8 Å². The van der Waals surface area contributed by atoms with Crippen LogP contribution in [0.15, 0.2) is 24.3 Å². The summed E-state index contributed by atoms with van der Waals surface area (Å²) in [6.45, 7) is 3.08. The molecule has 0 spiro atoms. The molecule has 5 nitrogen and oxygen atoms in total. The van der Waals surface area contributed by atoms with Gasteiger partial charge in [0.15, 0.2) is 5.41 Å². The van der Waals surface area contributed by atoms with Crippen LogP contribution in [0, 0.1) is 0 Å². The lowest BCUT2D eigenvalue weighted by Gasteiger charge is -2.23. The van der Waals surface area contributed by atoms with E-state index in [-0.39, 0.29) is 6.61 Å². The molecule has 1 rings (SSSR count). The van der Waals surface area contributed by atoms with E-state index in [1.165, 1.54) is 20.1 Å². The van der Waals surface area contributed by atoms with Crippen molar-refractivity contribution in [3.05, 3.63) is 29.8 Å². The summed E-state index contributed by atoms with van der Waals surface area (Å²) in [6.07, 6.45) is 0. The Morgan fingerprint density at radius 2 is 2.06 bits per heavy atom. The SMILES string of the molecule is CCOC(=O)[C@@](C)(C(=O)O)c1cccc(OC)c1. The van der Waals surface area contributed by atoms with Crippen LogP contribution in [0.4, 0.5) is 0 Å². The molecule has 1 N–H and O–H groups in total. The second-order valence-electron chi connectivity index (χ2n) is 3.88. The van der Waals surface area contributed by atoms with Crippen molar-refractivity contribution in [1.29, 1.82) is 0 Å². The third-order valence-electron chi connectivity index (χ3n) is 2.76. The van der Waals surface area contributed by atoms with Gasteiger partial charge in [0.05, 0.1) is 13.7 Å². The fourth-order valence-corrected chi connectivity index (χ4v) is 1.54. The van der Waals surface area contributed by atoms with E-state index in [0.29, 0.717) is 11.3 Å². The Bertz CT molecular complexity index is 454. The van der Waals surface area contributed by atoms with Crippen molar-refractivity contribution >= 4 is 11.9 Å². The number of hydrogen-bond donors (Lipinski definition) is 1. The lowest BCUT2D eigenvalue weighted by Crippen LogP contribution is -2.42. The van der Waals surface area contributed by atoms with Crippen LogP contribution in [0.2, 0.25) is 0 Å². The molecule has 0 heterocycles. The highest BCUT2D eigenvalue weighted by molar-refractivity contribution is 6.05. The molecule has 98 valence electrons. The predicted molar refractivity (Wildman–Crippen MR) is 64.6 cm³/mol. The van der Waals surface area contributed by atoms with Gasteiger partial charge in [-0.3, -0.25) is 9.59 Å². The summed E-state index contributed by atoms with van der Waals surface area (Å²) in [5.41, 5.74) is -1.40. The topological polar surface area (TPSA) is 72.8 Å². The van der Waals surface area contributed by atoms with Gasteiger partial charge in [0.25, 0.3) is 0 Å². The number of ether oxygens (including phenoxy) is 2. The van der Waals surface area contributed by atoms with E-state index in [1.807, 2.05) is 0 Å². The fraction of sp³-hybridized carbons (Fsp3) is 0.385. The van der Waals surface area contributed by atoms with Crippen LogP contribution in [0.5, 0.6) is 5.75 Å². The number of carbonyl (C=O) groups excluding carboxylic acids is 1. The maximum Gasteiger partial charge on any atom is 0.327 e. The summed E-state index contributed by atoms with van der Waals surface area (Å²) in [7, 11) is 1.47. The highest BCUT2D eigenvalue weighted by Crippen LogP contribution is 2.28. The van der Waals surface area contributed by atoms with Gasteiger partial charge in [-0.15, -0.1) is 0 Å². The normalized spacial score (nSPS) is 13.5. The van der Waals surface area contributed by atoms with E-state index in [4.69, 9.17) is 9.47 Å². The van der Waals surface area contributed by atoms with Crippen LogP contribution in [0.3, 0.4) is 0 Å². The molecule has 1 aromatic rings. The zero-order valence-corrected chi connectivity index (χ0v) is 10.6. The second-order valence-corrected chi connectivity index (χ2v) is 3.88. The monoisotopic (exact) mass is 252 g/mol. The van der Waals surface area contributed by atoms with Gasteiger partial charge >= 0.3 is 11.9 Å². The van der Waals surface area contributed by atoms with Crippen LogP contribution < -0.4 is 4.74 Å². The van der Waals surface area contributed by atoms with Gasteiger partial charge in [0, 0.05) is 0 Å². The minimum atomic E-state index is -1.73. The van der Waals surface area contributed by atoms with Crippen molar-refractivity contribution in [1.82, 2.24) is 0 Å². The molecule has 0 fully saturated rings. The summed E-state index contributed by atoms with van der Waals surface area (Å²) in [5.74, 6) is -1.55. The molecule has 0 saturated carbocycles.